The summed E-state index contributed by atoms with van der Waals surface area (Å²) < 4.78 is 33.0. The number of rotatable bonds is 4. The van der Waals surface area contributed by atoms with E-state index in [9.17, 15) is 8.42 Å². The first-order valence-corrected chi connectivity index (χ1v) is 8.75. The molecular weight excluding hydrogens is 308 g/mol. The zero-order valence-electron chi connectivity index (χ0n) is 12.2. The Labute approximate surface area is 131 Å². The summed E-state index contributed by atoms with van der Waals surface area (Å²) in [6, 6.07) is 6.44. The number of morpholine rings is 1. The Balaban J connectivity index is 2.48. The first kappa shape index (κ1) is 16.4. The lowest BCUT2D eigenvalue weighted by molar-refractivity contribution is -0.0230. The summed E-state index contributed by atoms with van der Waals surface area (Å²) in [7, 11) is -3.65. The molecule has 1 aromatic carbocycles. The highest BCUT2D eigenvalue weighted by Crippen LogP contribution is 2.26. The maximum absolute atomic E-state index is 13.0. The van der Waals surface area contributed by atoms with Crippen molar-refractivity contribution in [3.8, 4) is 0 Å². The number of thiocarbonyl (C=S) groups is 1. The number of nitrogens with two attached hydrogens (primary N) is 1. The summed E-state index contributed by atoms with van der Waals surface area (Å²) in [5, 5.41) is 0. The van der Waals surface area contributed by atoms with E-state index >= 15 is 0 Å². The van der Waals surface area contributed by atoms with E-state index < -0.39 is 10.0 Å². The number of hydrogen-bond acceptors (Lipinski definition) is 4. The van der Waals surface area contributed by atoms with Crippen LogP contribution in [0, 0.1) is 0 Å². The maximum Gasteiger partial charge on any atom is 0.244 e. The third-order valence-electron chi connectivity index (χ3n) is 3.63. The van der Waals surface area contributed by atoms with Gasteiger partial charge >= 0.3 is 0 Å². The highest BCUT2D eigenvalue weighted by atomic mass is 32.2. The van der Waals surface area contributed by atoms with Crippen LogP contribution in [-0.4, -0.2) is 43.0 Å². The monoisotopic (exact) mass is 328 g/mol. The van der Waals surface area contributed by atoms with Gasteiger partial charge in [0, 0.05) is 18.2 Å². The molecule has 2 unspecified atom stereocenters. The molecule has 2 atom stereocenters. The minimum atomic E-state index is -3.65. The van der Waals surface area contributed by atoms with Crippen LogP contribution in [0.25, 0.3) is 0 Å². The van der Waals surface area contributed by atoms with Gasteiger partial charge < -0.3 is 10.5 Å². The summed E-state index contributed by atoms with van der Waals surface area (Å²) in [6.45, 7) is 4.57. The number of sulfonamides is 1. The molecule has 0 bridgehead atoms. The van der Waals surface area contributed by atoms with Crippen LogP contribution in [0.15, 0.2) is 29.2 Å². The van der Waals surface area contributed by atoms with E-state index in [2.05, 4.69) is 0 Å². The van der Waals surface area contributed by atoms with E-state index in [0.29, 0.717) is 25.1 Å². The predicted octanol–water partition coefficient (Wildman–Crippen LogP) is 1.51. The van der Waals surface area contributed by atoms with Crippen molar-refractivity contribution in [3.05, 3.63) is 29.8 Å². The van der Waals surface area contributed by atoms with Crippen LogP contribution >= 0.6 is 12.2 Å². The Morgan fingerprint density at radius 3 is 2.76 bits per heavy atom. The quantitative estimate of drug-likeness (QED) is 0.848. The molecular formula is C14H20N2O3S2. The van der Waals surface area contributed by atoms with Crippen molar-refractivity contribution in [2.45, 2.75) is 37.3 Å². The minimum absolute atomic E-state index is 0.0866. The summed E-state index contributed by atoms with van der Waals surface area (Å²) in [5.74, 6) is 0. The molecule has 2 rings (SSSR count). The molecule has 1 aliphatic heterocycles. The lowest BCUT2D eigenvalue weighted by Crippen LogP contribution is -2.51. The molecule has 1 aromatic rings. The molecule has 2 N–H and O–H groups in total. The number of ether oxygens (including phenoxy) is 1. The number of nitrogens with zero attached hydrogens (tertiary/aromatic N) is 1. The van der Waals surface area contributed by atoms with E-state index in [1.54, 1.807) is 24.3 Å². The van der Waals surface area contributed by atoms with Gasteiger partial charge in [0.1, 0.15) is 4.99 Å². The van der Waals surface area contributed by atoms with Crippen molar-refractivity contribution < 1.29 is 13.2 Å². The molecule has 0 aliphatic carbocycles. The van der Waals surface area contributed by atoms with Gasteiger partial charge in [0.15, 0.2) is 0 Å². The minimum Gasteiger partial charge on any atom is -0.389 e. The molecule has 0 amide bonds. The zero-order chi connectivity index (χ0) is 15.6. The topological polar surface area (TPSA) is 72.6 Å². The van der Waals surface area contributed by atoms with Crippen molar-refractivity contribution in [1.82, 2.24) is 4.31 Å². The normalized spacial score (nSPS) is 23.9. The average molecular weight is 328 g/mol. The van der Waals surface area contributed by atoms with Gasteiger partial charge in [-0.1, -0.05) is 37.3 Å². The second-order valence-electron chi connectivity index (χ2n) is 5.14. The summed E-state index contributed by atoms with van der Waals surface area (Å²) in [6.07, 6.45) is 0.570. The van der Waals surface area contributed by atoms with Gasteiger partial charge in [-0.05, 0) is 19.4 Å². The summed E-state index contributed by atoms with van der Waals surface area (Å²) in [5.41, 5.74) is 6.05. The molecule has 0 radical (unpaired) electrons. The van der Waals surface area contributed by atoms with Crippen LogP contribution in [-0.2, 0) is 14.8 Å². The van der Waals surface area contributed by atoms with Gasteiger partial charge in [-0.3, -0.25) is 0 Å². The molecule has 0 spiro atoms. The van der Waals surface area contributed by atoms with E-state index in [-0.39, 0.29) is 22.0 Å². The fraction of sp³-hybridized carbons (Fsp3) is 0.500. The molecule has 0 saturated carbocycles. The maximum atomic E-state index is 13.0. The third kappa shape index (κ3) is 3.26. The van der Waals surface area contributed by atoms with Gasteiger partial charge in [-0.2, -0.15) is 4.31 Å². The molecule has 5 nitrogen and oxygen atoms in total. The van der Waals surface area contributed by atoms with Crippen molar-refractivity contribution in [3.63, 3.8) is 0 Å². The second-order valence-corrected chi connectivity index (χ2v) is 7.44. The fourth-order valence-corrected chi connectivity index (χ4v) is 4.66. The molecule has 7 heteroatoms. The molecule has 21 heavy (non-hydrogen) atoms. The third-order valence-corrected chi connectivity index (χ3v) is 5.82. The van der Waals surface area contributed by atoms with Crippen molar-refractivity contribution in [2.75, 3.05) is 13.2 Å². The molecule has 1 heterocycles. The summed E-state index contributed by atoms with van der Waals surface area (Å²) in [4.78, 5) is 0.258. The van der Waals surface area contributed by atoms with Crippen LogP contribution in [0.1, 0.15) is 25.8 Å². The highest BCUT2D eigenvalue weighted by Gasteiger charge is 2.36. The highest BCUT2D eigenvalue weighted by molar-refractivity contribution is 7.89. The van der Waals surface area contributed by atoms with E-state index in [1.165, 1.54) is 4.31 Å². The Bertz CT molecular complexity index is 631. The summed E-state index contributed by atoms with van der Waals surface area (Å²) >= 11 is 4.97. The molecule has 0 aromatic heterocycles. The molecule has 1 saturated heterocycles. The number of benzene rings is 1. The van der Waals surface area contributed by atoms with E-state index in [4.69, 9.17) is 22.7 Å². The molecule has 1 aliphatic rings. The Morgan fingerprint density at radius 2 is 2.14 bits per heavy atom. The van der Waals surface area contributed by atoms with Gasteiger partial charge in [0.2, 0.25) is 10.0 Å². The average Bonchev–Trinajstić information content (AvgIpc) is 2.47. The van der Waals surface area contributed by atoms with Crippen molar-refractivity contribution >= 4 is 27.2 Å². The van der Waals surface area contributed by atoms with Gasteiger partial charge in [0.25, 0.3) is 0 Å². The standard InChI is InChI=1S/C14H20N2O3S2/c1-3-11-9-19-10(2)8-16(11)21(17,18)13-7-5-4-6-12(13)14(15)20/h4-7,10-11H,3,8-9H2,1-2H3,(H2,15,20). The van der Waals surface area contributed by atoms with E-state index in [0.717, 1.165) is 0 Å². The largest absolute Gasteiger partial charge is 0.389 e. The van der Waals surface area contributed by atoms with Crippen LogP contribution < -0.4 is 5.73 Å². The predicted molar refractivity (Wildman–Crippen MR) is 85.7 cm³/mol. The Kier molecular flexibility index (Phi) is 4.98. The van der Waals surface area contributed by atoms with E-state index in [1.807, 2.05) is 13.8 Å². The van der Waals surface area contributed by atoms with Crippen LogP contribution in [0.5, 0.6) is 0 Å². The first-order chi connectivity index (χ1) is 9.87. The first-order valence-electron chi connectivity index (χ1n) is 6.90. The van der Waals surface area contributed by atoms with Crippen molar-refractivity contribution in [1.29, 1.82) is 0 Å². The molecule has 1 fully saturated rings. The smallest absolute Gasteiger partial charge is 0.244 e. The van der Waals surface area contributed by atoms with Crippen LogP contribution in [0.3, 0.4) is 0 Å². The lowest BCUT2D eigenvalue weighted by Gasteiger charge is -2.37. The Hall–Kier alpha value is -1.02. The van der Waals surface area contributed by atoms with Crippen molar-refractivity contribution in [2.24, 2.45) is 5.73 Å². The Morgan fingerprint density at radius 1 is 1.48 bits per heavy atom. The van der Waals surface area contributed by atoms with Crippen LogP contribution in [0.4, 0.5) is 0 Å². The second kappa shape index (κ2) is 6.39. The zero-order valence-corrected chi connectivity index (χ0v) is 13.8. The number of hydrogen-bond donors (Lipinski definition) is 1. The van der Waals surface area contributed by atoms with Gasteiger partial charge in [-0.15, -0.1) is 0 Å². The lowest BCUT2D eigenvalue weighted by atomic mass is 10.2. The molecule has 116 valence electrons. The fourth-order valence-electron chi connectivity index (χ4n) is 2.45. The van der Waals surface area contributed by atoms with Crippen LogP contribution in [0.2, 0.25) is 0 Å². The van der Waals surface area contributed by atoms with Gasteiger partial charge in [-0.25, -0.2) is 8.42 Å². The van der Waals surface area contributed by atoms with Gasteiger partial charge in [0.05, 0.1) is 17.6 Å². The SMILES string of the molecule is CCC1COC(C)CN1S(=O)(=O)c1ccccc1C(N)=S.